The van der Waals surface area contributed by atoms with Gasteiger partial charge in [0.2, 0.25) is 0 Å². The standard InChI is InChI=1S/C36H28ClN3O5S/c1-2-44-31-18-23(12-17-30(31)45-21-22-10-14-26(37)15-11-22)19-32-35(41)39-34(25-7-5-8-27(20-25)40(42)43)29-16-13-24-6-3-4-9-28(24)33(29)38-36(39)46-32/h3-12,14-15,17-20,34H,2,13,16,21H2,1H3/b32-19+/t34-/m1/s1. The van der Waals surface area contributed by atoms with Gasteiger partial charge in [-0.1, -0.05) is 77.5 Å². The Kier molecular flexibility index (Phi) is 8.02. The van der Waals surface area contributed by atoms with Crippen LogP contribution in [0.25, 0.3) is 11.8 Å². The highest BCUT2D eigenvalue weighted by atomic mass is 35.5. The normalized spacial score (nSPS) is 15.4. The van der Waals surface area contributed by atoms with Crippen molar-refractivity contribution in [1.29, 1.82) is 0 Å². The van der Waals surface area contributed by atoms with Crippen molar-refractivity contribution in [3.8, 4) is 11.5 Å². The first kappa shape index (κ1) is 29.7. The Morgan fingerprint density at radius 3 is 2.63 bits per heavy atom. The Morgan fingerprint density at radius 2 is 1.83 bits per heavy atom. The molecule has 1 aromatic heterocycles. The first-order chi connectivity index (χ1) is 22.4. The summed E-state index contributed by atoms with van der Waals surface area (Å²) in [5.74, 6) is 1.16. The molecule has 0 saturated heterocycles. The van der Waals surface area contributed by atoms with Gasteiger partial charge in [-0.05, 0) is 77.9 Å². The number of halogens is 1. The molecular weight excluding hydrogens is 622 g/mol. The van der Waals surface area contributed by atoms with Crippen LogP contribution in [-0.4, -0.2) is 16.1 Å². The number of fused-ring (bicyclic) bond motifs is 3. The highest BCUT2D eigenvalue weighted by molar-refractivity contribution is 7.07. The molecule has 0 N–H and O–H groups in total. The fraction of sp³-hybridized carbons (Fsp3) is 0.167. The summed E-state index contributed by atoms with van der Waals surface area (Å²) in [5, 5.41) is 12.4. The first-order valence-electron chi connectivity index (χ1n) is 14.9. The van der Waals surface area contributed by atoms with E-state index in [-0.39, 0.29) is 11.2 Å². The molecule has 1 aliphatic heterocycles. The van der Waals surface area contributed by atoms with E-state index in [1.54, 1.807) is 16.7 Å². The molecule has 2 heterocycles. The third-order valence-electron chi connectivity index (χ3n) is 8.14. The number of aromatic nitrogens is 1. The third-order valence-corrected chi connectivity index (χ3v) is 9.38. The molecule has 0 bridgehead atoms. The number of nitrogens with zero attached hydrogens (tertiary/aromatic N) is 3. The molecule has 0 saturated carbocycles. The van der Waals surface area contributed by atoms with Crippen molar-refractivity contribution in [1.82, 2.24) is 4.57 Å². The molecule has 10 heteroatoms. The van der Waals surface area contributed by atoms with Gasteiger partial charge in [-0.15, -0.1) is 0 Å². The molecule has 0 amide bonds. The second-order valence-corrected chi connectivity index (χ2v) is 12.5. The van der Waals surface area contributed by atoms with Gasteiger partial charge in [0.05, 0.1) is 27.8 Å². The molecular formula is C36H28ClN3O5S. The van der Waals surface area contributed by atoms with Crippen LogP contribution in [0, 0.1) is 10.1 Å². The summed E-state index contributed by atoms with van der Waals surface area (Å²) in [5.41, 5.74) is 6.27. The first-order valence-corrected chi connectivity index (χ1v) is 16.1. The summed E-state index contributed by atoms with van der Waals surface area (Å²) in [6.07, 6.45) is 3.33. The van der Waals surface area contributed by atoms with Gasteiger partial charge in [0.1, 0.15) is 6.61 Å². The Balaban J connectivity index is 1.32. The van der Waals surface area contributed by atoms with Crippen LogP contribution >= 0.6 is 22.9 Å². The summed E-state index contributed by atoms with van der Waals surface area (Å²) < 4.78 is 14.2. The highest BCUT2D eigenvalue weighted by Crippen LogP contribution is 2.41. The van der Waals surface area contributed by atoms with Crippen LogP contribution in [-0.2, 0) is 13.0 Å². The molecule has 0 spiro atoms. The number of non-ortho nitro benzene ring substituents is 1. The lowest BCUT2D eigenvalue weighted by molar-refractivity contribution is -0.384. The van der Waals surface area contributed by atoms with Crippen molar-refractivity contribution >= 4 is 40.4 Å². The van der Waals surface area contributed by atoms with Crippen molar-refractivity contribution in [3.63, 3.8) is 0 Å². The zero-order valence-corrected chi connectivity index (χ0v) is 26.4. The minimum Gasteiger partial charge on any atom is -0.490 e. The maximum Gasteiger partial charge on any atom is 0.271 e. The maximum absolute atomic E-state index is 14.2. The molecule has 7 rings (SSSR count). The van der Waals surface area contributed by atoms with E-state index >= 15 is 0 Å². The number of aryl methyl sites for hydroxylation is 1. The Labute approximate surface area is 273 Å². The lowest BCUT2D eigenvalue weighted by Gasteiger charge is -2.30. The molecule has 1 atom stereocenters. The van der Waals surface area contributed by atoms with Crippen LogP contribution in [0.5, 0.6) is 11.5 Å². The lowest BCUT2D eigenvalue weighted by Crippen LogP contribution is -2.38. The number of ether oxygens (including phenoxy) is 2. The Hall–Kier alpha value is -4.99. The maximum atomic E-state index is 14.2. The van der Waals surface area contributed by atoms with Crippen molar-refractivity contribution < 1.29 is 14.4 Å². The summed E-state index contributed by atoms with van der Waals surface area (Å²) >= 11 is 7.32. The van der Waals surface area contributed by atoms with Crippen molar-refractivity contribution in [2.75, 3.05) is 6.61 Å². The summed E-state index contributed by atoms with van der Waals surface area (Å²) in [6.45, 7) is 2.70. The van der Waals surface area contributed by atoms with Crippen LogP contribution in [0.2, 0.25) is 5.02 Å². The predicted molar refractivity (Wildman–Crippen MR) is 179 cm³/mol. The molecule has 0 fully saturated rings. The van der Waals surface area contributed by atoms with Crippen molar-refractivity contribution in [3.05, 3.63) is 159 Å². The number of hydrogen-bond donors (Lipinski definition) is 0. The second-order valence-electron chi connectivity index (χ2n) is 11.0. The van der Waals surface area contributed by atoms with Crippen LogP contribution in [0.1, 0.15) is 47.2 Å². The van der Waals surface area contributed by atoms with E-state index in [0.29, 0.717) is 51.1 Å². The predicted octanol–water partition coefficient (Wildman–Crippen LogP) is 6.86. The minimum absolute atomic E-state index is 0.0168. The van der Waals surface area contributed by atoms with Gasteiger partial charge in [0.25, 0.3) is 11.2 Å². The molecule has 8 nitrogen and oxygen atoms in total. The van der Waals surface area contributed by atoms with E-state index in [2.05, 4.69) is 12.1 Å². The van der Waals surface area contributed by atoms with E-state index in [4.69, 9.17) is 26.1 Å². The molecule has 2 aliphatic rings. The van der Waals surface area contributed by atoms with Gasteiger partial charge < -0.3 is 9.47 Å². The van der Waals surface area contributed by atoms with Gasteiger partial charge in [-0.25, -0.2) is 4.99 Å². The number of nitro benzene ring substituents is 1. The fourth-order valence-corrected chi connectivity index (χ4v) is 7.15. The van der Waals surface area contributed by atoms with E-state index in [1.807, 2.05) is 73.7 Å². The zero-order chi connectivity index (χ0) is 31.8. The minimum atomic E-state index is -0.510. The molecule has 46 heavy (non-hydrogen) atoms. The number of rotatable bonds is 8. The monoisotopic (exact) mass is 649 g/mol. The van der Waals surface area contributed by atoms with Crippen molar-refractivity contribution in [2.24, 2.45) is 4.99 Å². The third kappa shape index (κ3) is 5.63. The van der Waals surface area contributed by atoms with E-state index in [0.717, 1.165) is 34.4 Å². The number of benzene rings is 4. The molecule has 0 radical (unpaired) electrons. The summed E-state index contributed by atoms with van der Waals surface area (Å²) in [6, 6.07) is 27.3. The summed E-state index contributed by atoms with van der Waals surface area (Å²) in [7, 11) is 0. The topological polar surface area (TPSA) is 96.0 Å². The zero-order valence-electron chi connectivity index (χ0n) is 24.8. The molecule has 230 valence electrons. The quantitative estimate of drug-likeness (QED) is 0.135. The SMILES string of the molecule is CCOc1cc(/C=c2/sc3n(c2=O)[C@H](c2cccc([N+](=O)[O-])c2)C2=C(N=3)c3ccccc3CC2)ccc1OCc1ccc(Cl)cc1. The number of hydrogen-bond acceptors (Lipinski definition) is 7. The van der Waals surface area contributed by atoms with E-state index < -0.39 is 11.0 Å². The van der Waals surface area contributed by atoms with Crippen LogP contribution < -0.4 is 24.4 Å². The Morgan fingerprint density at radius 1 is 1.00 bits per heavy atom. The largest absolute Gasteiger partial charge is 0.490 e. The fourth-order valence-electron chi connectivity index (χ4n) is 6.03. The molecule has 5 aromatic rings. The molecule has 4 aromatic carbocycles. The van der Waals surface area contributed by atoms with Gasteiger partial charge in [-0.2, -0.15) is 0 Å². The second kappa shape index (κ2) is 12.4. The van der Waals surface area contributed by atoms with Crippen LogP contribution in [0.4, 0.5) is 5.69 Å². The van der Waals surface area contributed by atoms with Crippen LogP contribution in [0.15, 0.2) is 106 Å². The van der Waals surface area contributed by atoms with Crippen molar-refractivity contribution in [2.45, 2.75) is 32.4 Å². The average Bonchev–Trinajstić information content (AvgIpc) is 3.38. The van der Waals surface area contributed by atoms with E-state index in [9.17, 15) is 14.9 Å². The van der Waals surface area contributed by atoms with Gasteiger partial charge in [-0.3, -0.25) is 19.5 Å². The van der Waals surface area contributed by atoms with E-state index in [1.165, 1.54) is 23.0 Å². The van der Waals surface area contributed by atoms with Gasteiger partial charge in [0, 0.05) is 22.7 Å². The molecule has 0 unspecified atom stereocenters. The smallest absolute Gasteiger partial charge is 0.271 e. The Bertz CT molecular complexity index is 2200. The van der Waals surface area contributed by atoms with Gasteiger partial charge in [0.15, 0.2) is 16.3 Å². The van der Waals surface area contributed by atoms with Gasteiger partial charge >= 0.3 is 0 Å². The number of allylic oxidation sites excluding steroid dienone is 1. The molecule has 1 aliphatic carbocycles. The number of thiazole rings is 1. The average molecular weight is 650 g/mol. The van der Waals surface area contributed by atoms with Crippen LogP contribution in [0.3, 0.4) is 0 Å². The highest BCUT2D eigenvalue weighted by Gasteiger charge is 2.33. The number of nitro groups is 1. The lowest BCUT2D eigenvalue weighted by atomic mass is 9.83. The summed E-state index contributed by atoms with van der Waals surface area (Å²) in [4.78, 5) is 31.1.